The van der Waals surface area contributed by atoms with E-state index in [-0.39, 0.29) is 23.7 Å². The highest BCUT2D eigenvalue weighted by Gasteiger charge is 2.28. The van der Waals surface area contributed by atoms with Gasteiger partial charge >= 0.3 is 0 Å². The van der Waals surface area contributed by atoms with Crippen LogP contribution >= 0.6 is 0 Å². The van der Waals surface area contributed by atoms with Crippen LogP contribution in [0.25, 0.3) is 0 Å². The normalized spacial score (nSPS) is 18.9. The standard InChI is InChI=1S/C21H31N3O2/c1-16(2)21(26)24-14-10-17(11-15-24)20(25)22-18-6-8-19(9-7-18)23-12-4-3-5-13-23/h6-9,16-17H,3-5,10-15H2,1-2H3,(H,22,25). The minimum absolute atomic E-state index is 0.00650. The topological polar surface area (TPSA) is 52.7 Å². The van der Waals surface area contributed by atoms with Crippen LogP contribution < -0.4 is 10.2 Å². The van der Waals surface area contributed by atoms with Gasteiger partial charge in [0.25, 0.3) is 0 Å². The number of piperidine rings is 2. The first kappa shape index (κ1) is 18.7. The van der Waals surface area contributed by atoms with Gasteiger partial charge in [-0.15, -0.1) is 0 Å². The number of nitrogens with zero attached hydrogens (tertiary/aromatic N) is 2. The minimum Gasteiger partial charge on any atom is -0.372 e. The number of carbonyl (C=O) groups excluding carboxylic acids is 2. The second-order valence-corrected chi connectivity index (χ2v) is 7.84. The Labute approximate surface area is 156 Å². The molecule has 2 aliphatic heterocycles. The van der Waals surface area contributed by atoms with Crippen molar-refractivity contribution in [1.82, 2.24) is 4.90 Å². The maximum Gasteiger partial charge on any atom is 0.227 e. The van der Waals surface area contributed by atoms with Gasteiger partial charge in [0, 0.05) is 49.4 Å². The van der Waals surface area contributed by atoms with Crippen LogP contribution in [-0.4, -0.2) is 42.9 Å². The Balaban J connectivity index is 1.50. The van der Waals surface area contributed by atoms with E-state index in [1.165, 1.54) is 24.9 Å². The molecule has 5 nitrogen and oxygen atoms in total. The smallest absolute Gasteiger partial charge is 0.227 e. The molecule has 5 heteroatoms. The first-order valence-electron chi connectivity index (χ1n) is 9.99. The van der Waals surface area contributed by atoms with Gasteiger partial charge < -0.3 is 15.1 Å². The van der Waals surface area contributed by atoms with Crippen LogP contribution in [-0.2, 0) is 9.59 Å². The largest absolute Gasteiger partial charge is 0.372 e. The highest BCUT2D eigenvalue weighted by atomic mass is 16.2. The van der Waals surface area contributed by atoms with Gasteiger partial charge in [-0.25, -0.2) is 0 Å². The van der Waals surface area contributed by atoms with Gasteiger partial charge in [0.05, 0.1) is 0 Å². The third kappa shape index (κ3) is 4.57. The first-order valence-corrected chi connectivity index (χ1v) is 9.99. The van der Waals surface area contributed by atoms with Crippen molar-refractivity contribution in [2.45, 2.75) is 46.0 Å². The molecular formula is C21H31N3O2. The summed E-state index contributed by atoms with van der Waals surface area (Å²) in [6.45, 7) is 7.47. The van der Waals surface area contributed by atoms with E-state index in [4.69, 9.17) is 0 Å². The summed E-state index contributed by atoms with van der Waals surface area (Å²) in [4.78, 5) is 28.9. The van der Waals surface area contributed by atoms with E-state index in [9.17, 15) is 9.59 Å². The molecule has 2 amide bonds. The lowest BCUT2D eigenvalue weighted by atomic mass is 9.95. The number of nitrogens with one attached hydrogen (secondary N) is 1. The van der Waals surface area contributed by atoms with Crippen LogP contribution in [0.3, 0.4) is 0 Å². The Morgan fingerprint density at radius 2 is 1.58 bits per heavy atom. The number of anilines is 2. The Hall–Kier alpha value is -2.04. The van der Waals surface area contributed by atoms with Gasteiger partial charge in [-0.05, 0) is 56.4 Å². The molecule has 0 atom stereocenters. The van der Waals surface area contributed by atoms with Crippen molar-refractivity contribution >= 4 is 23.2 Å². The average molecular weight is 357 g/mol. The zero-order valence-electron chi connectivity index (χ0n) is 16.0. The number of benzene rings is 1. The van der Waals surface area contributed by atoms with Crippen molar-refractivity contribution in [2.24, 2.45) is 11.8 Å². The van der Waals surface area contributed by atoms with Gasteiger partial charge in [-0.2, -0.15) is 0 Å². The fraction of sp³-hybridized carbons (Fsp3) is 0.619. The molecule has 1 aromatic carbocycles. The molecule has 2 heterocycles. The SMILES string of the molecule is CC(C)C(=O)N1CCC(C(=O)Nc2ccc(N3CCCCC3)cc2)CC1. The fourth-order valence-corrected chi connectivity index (χ4v) is 3.88. The summed E-state index contributed by atoms with van der Waals surface area (Å²) < 4.78 is 0. The van der Waals surface area contributed by atoms with Gasteiger partial charge in [-0.1, -0.05) is 13.8 Å². The lowest BCUT2D eigenvalue weighted by Crippen LogP contribution is -2.43. The molecule has 26 heavy (non-hydrogen) atoms. The van der Waals surface area contributed by atoms with Crippen LogP contribution in [0.1, 0.15) is 46.0 Å². The van der Waals surface area contributed by atoms with E-state index >= 15 is 0 Å². The zero-order chi connectivity index (χ0) is 18.5. The summed E-state index contributed by atoms with van der Waals surface area (Å²) in [6, 6.07) is 8.20. The summed E-state index contributed by atoms with van der Waals surface area (Å²) in [5.74, 6) is 0.288. The van der Waals surface area contributed by atoms with Crippen LogP contribution in [0.2, 0.25) is 0 Å². The molecule has 0 saturated carbocycles. The molecule has 3 rings (SSSR count). The lowest BCUT2D eigenvalue weighted by Gasteiger charge is -2.32. The van der Waals surface area contributed by atoms with Crippen LogP contribution in [0.15, 0.2) is 24.3 Å². The molecule has 0 spiro atoms. The zero-order valence-corrected chi connectivity index (χ0v) is 16.0. The molecule has 0 aromatic heterocycles. The molecule has 2 saturated heterocycles. The van der Waals surface area contributed by atoms with E-state index in [2.05, 4.69) is 22.3 Å². The number of rotatable bonds is 4. The minimum atomic E-state index is -0.00650. The Morgan fingerprint density at radius 3 is 2.15 bits per heavy atom. The predicted octanol–water partition coefficient (Wildman–Crippen LogP) is 3.51. The molecule has 2 aliphatic rings. The molecule has 142 valence electrons. The van der Waals surface area contributed by atoms with Gasteiger partial charge in [0.2, 0.25) is 11.8 Å². The van der Waals surface area contributed by atoms with Crippen LogP contribution in [0, 0.1) is 11.8 Å². The summed E-state index contributed by atoms with van der Waals surface area (Å²) in [6.07, 6.45) is 5.34. The monoisotopic (exact) mass is 357 g/mol. The van der Waals surface area contributed by atoms with Crippen molar-refractivity contribution in [3.05, 3.63) is 24.3 Å². The molecule has 2 fully saturated rings. The fourth-order valence-electron chi connectivity index (χ4n) is 3.88. The number of carbonyl (C=O) groups is 2. The van der Waals surface area contributed by atoms with E-state index in [1.807, 2.05) is 30.9 Å². The molecule has 1 aromatic rings. The van der Waals surface area contributed by atoms with Crippen LogP contribution in [0.4, 0.5) is 11.4 Å². The van der Waals surface area contributed by atoms with Crippen molar-refractivity contribution in [1.29, 1.82) is 0 Å². The van der Waals surface area contributed by atoms with Crippen molar-refractivity contribution in [2.75, 3.05) is 36.4 Å². The number of hydrogen-bond donors (Lipinski definition) is 1. The summed E-state index contributed by atoms with van der Waals surface area (Å²) in [5.41, 5.74) is 2.10. The van der Waals surface area contributed by atoms with E-state index in [0.717, 1.165) is 31.6 Å². The number of amides is 2. The summed E-state index contributed by atoms with van der Waals surface area (Å²) >= 11 is 0. The van der Waals surface area contributed by atoms with E-state index in [1.54, 1.807) is 0 Å². The van der Waals surface area contributed by atoms with Gasteiger partial charge in [0.1, 0.15) is 0 Å². The third-order valence-corrected chi connectivity index (χ3v) is 5.53. The molecule has 0 radical (unpaired) electrons. The first-order chi connectivity index (χ1) is 12.5. The lowest BCUT2D eigenvalue weighted by molar-refractivity contribution is -0.137. The van der Waals surface area contributed by atoms with E-state index < -0.39 is 0 Å². The van der Waals surface area contributed by atoms with Crippen LogP contribution in [0.5, 0.6) is 0 Å². The summed E-state index contributed by atoms with van der Waals surface area (Å²) in [7, 11) is 0. The van der Waals surface area contributed by atoms with Crippen molar-refractivity contribution in [3.63, 3.8) is 0 Å². The average Bonchev–Trinajstić information content (AvgIpc) is 2.68. The maximum atomic E-state index is 12.5. The highest BCUT2D eigenvalue weighted by Crippen LogP contribution is 2.24. The second-order valence-electron chi connectivity index (χ2n) is 7.84. The van der Waals surface area contributed by atoms with Gasteiger partial charge in [0.15, 0.2) is 0 Å². The van der Waals surface area contributed by atoms with E-state index in [0.29, 0.717) is 13.1 Å². The molecule has 0 bridgehead atoms. The van der Waals surface area contributed by atoms with Crippen molar-refractivity contribution in [3.8, 4) is 0 Å². The van der Waals surface area contributed by atoms with Gasteiger partial charge in [-0.3, -0.25) is 9.59 Å². The molecular weight excluding hydrogens is 326 g/mol. The quantitative estimate of drug-likeness (QED) is 0.897. The summed E-state index contributed by atoms with van der Waals surface area (Å²) in [5, 5.41) is 3.05. The maximum absolute atomic E-state index is 12.5. The second kappa shape index (κ2) is 8.56. The number of likely N-dealkylation sites (tertiary alicyclic amines) is 1. The molecule has 0 aliphatic carbocycles. The molecule has 0 unspecified atom stereocenters. The Bertz CT molecular complexity index is 613. The Kier molecular flexibility index (Phi) is 6.17. The van der Waals surface area contributed by atoms with Crippen molar-refractivity contribution < 1.29 is 9.59 Å². The highest BCUT2D eigenvalue weighted by molar-refractivity contribution is 5.93. The third-order valence-electron chi connectivity index (χ3n) is 5.53. The molecule has 1 N–H and O–H groups in total. The predicted molar refractivity (Wildman–Crippen MR) is 105 cm³/mol. The number of hydrogen-bond acceptors (Lipinski definition) is 3. The Morgan fingerprint density at radius 1 is 0.962 bits per heavy atom.